The predicted octanol–water partition coefficient (Wildman–Crippen LogP) is 1.81. The average Bonchev–Trinajstić information content (AvgIpc) is 3.31. The maximum Gasteiger partial charge on any atom is 0.236 e. The molecule has 0 radical (unpaired) electrons. The van der Waals surface area contributed by atoms with E-state index in [-0.39, 0.29) is 11.9 Å². The molecule has 2 atom stereocenters. The number of hydrogen-bond donors (Lipinski definition) is 2. The fourth-order valence-corrected chi connectivity index (χ4v) is 2.81. The van der Waals surface area contributed by atoms with Crippen LogP contribution in [-0.4, -0.2) is 31.6 Å². The lowest BCUT2D eigenvalue weighted by Crippen LogP contribution is -2.47. The molecule has 2 fully saturated rings. The zero-order valence-electron chi connectivity index (χ0n) is 11.9. The Balaban J connectivity index is 1.69. The molecule has 4 heteroatoms. The van der Waals surface area contributed by atoms with Crippen molar-refractivity contribution < 1.29 is 9.53 Å². The Morgan fingerprint density at radius 3 is 2.95 bits per heavy atom. The molecule has 0 bridgehead atoms. The second kappa shape index (κ2) is 5.83. The lowest BCUT2D eigenvalue weighted by molar-refractivity contribution is -0.123. The highest BCUT2D eigenvalue weighted by Crippen LogP contribution is 2.32. The predicted molar refractivity (Wildman–Crippen MR) is 77.9 cm³/mol. The molecule has 2 unspecified atom stereocenters. The van der Waals surface area contributed by atoms with E-state index < -0.39 is 0 Å². The second-order valence-electron chi connectivity index (χ2n) is 5.73. The largest absolute Gasteiger partial charge is 0.490 e. The van der Waals surface area contributed by atoms with Gasteiger partial charge in [0.1, 0.15) is 5.75 Å². The van der Waals surface area contributed by atoms with Gasteiger partial charge < -0.3 is 15.4 Å². The molecule has 1 aliphatic heterocycles. The van der Waals surface area contributed by atoms with Crippen molar-refractivity contribution in [3.8, 4) is 5.75 Å². The van der Waals surface area contributed by atoms with Crippen LogP contribution in [0.4, 0.5) is 0 Å². The summed E-state index contributed by atoms with van der Waals surface area (Å²) in [5.41, 5.74) is 1.29. The highest BCUT2D eigenvalue weighted by atomic mass is 16.5. The number of benzene rings is 1. The number of amides is 1. The first-order valence-electron chi connectivity index (χ1n) is 7.48. The zero-order valence-corrected chi connectivity index (χ0v) is 11.9. The minimum atomic E-state index is -0.0771. The van der Waals surface area contributed by atoms with Gasteiger partial charge in [0.2, 0.25) is 5.91 Å². The molecule has 1 aromatic carbocycles. The van der Waals surface area contributed by atoms with Gasteiger partial charge in [0.15, 0.2) is 0 Å². The van der Waals surface area contributed by atoms with Gasteiger partial charge >= 0.3 is 0 Å². The third kappa shape index (κ3) is 3.12. The Kier molecular flexibility index (Phi) is 3.92. The summed E-state index contributed by atoms with van der Waals surface area (Å²) in [6.45, 7) is 0.885. The molecule has 2 aliphatic rings. The first-order valence-corrected chi connectivity index (χ1v) is 7.48. The third-order valence-corrected chi connectivity index (χ3v) is 4.12. The molecular weight excluding hydrogens is 252 g/mol. The summed E-state index contributed by atoms with van der Waals surface area (Å²) in [7, 11) is 1.69. The maximum absolute atomic E-state index is 11.8. The van der Waals surface area contributed by atoms with Crippen LogP contribution in [0.15, 0.2) is 24.3 Å². The molecule has 20 heavy (non-hydrogen) atoms. The fourth-order valence-electron chi connectivity index (χ4n) is 2.81. The normalized spacial score (nSPS) is 26.1. The number of nitrogens with one attached hydrogen (secondary N) is 2. The van der Waals surface area contributed by atoms with Crippen molar-refractivity contribution in [2.24, 2.45) is 0 Å². The van der Waals surface area contributed by atoms with E-state index in [1.54, 1.807) is 7.05 Å². The van der Waals surface area contributed by atoms with Gasteiger partial charge in [-0.1, -0.05) is 12.1 Å². The van der Waals surface area contributed by atoms with Gasteiger partial charge in [0, 0.05) is 7.05 Å². The number of carbonyl (C=O) groups excluding carboxylic acids is 1. The van der Waals surface area contributed by atoms with Crippen LogP contribution in [0.3, 0.4) is 0 Å². The average molecular weight is 274 g/mol. The smallest absolute Gasteiger partial charge is 0.236 e. The lowest BCUT2D eigenvalue weighted by Gasteiger charge is -2.29. The van der Waals surface area contributed by atoms with E-state index >= 15 is 0 Å². The van der Waals surface area contributed by atoms with E-state index in [4.69, 9.17) is 4.74 Å². The summed E-state index contributed by atoms with van der Waals surface area (Å²) in [4.78, 5) is 11.8. The van der Waals surface area contributed by atoms with Crippen LogP contribution in [0.25, 0.3) is 0 Å². The van der Waals surface area contributed by atoms with E-state index in [2.05, 4.69) is 28.8 Å². The Hall–Kier alpha value is -1.55. The number of rotatable bonds is 4. The molecular formula is C16H22N2O2. The van der Waals surface area contributed by atoms with Gasteiger partial charge in [-0.05, 0) is 55.8 Å². The first kappa shape index (κ1) is 13.4. The molecule has 1 aromatic rings. The number of hydrogen-bond acceptors (Lipinski definition) is 3. The Morgan fingerprint density at radius 1 is 1.35 bits per heavy atom. The van der Waals surface area contributed by atoms with Crippen LogP contribution in [-0.2, 0) is 4.79 Å². The van der Waals surface area contributed by atoms with Crippen molar-refractivity contribution in [2.45, 2.75) is 43.7 Å². The molecule has 1 saturated heterocycles. The van der Waals surface area contributed by atoms with Crippen LogP contribution >= 0.6 is 0 Å². The highest BCUT2D eigenvalue weighted by Gasteiger charge is 2.28. The summed E-state index contributed by atoms with van der Waals surface area (Å²) in [5, 5.41) is 6.01. The Morgan fingerprint density at radius 2 is 2.20 bits per heavy atom. The van der Waals surface area contributed by atoms with Crippen molar-refractivity contribution in [1.29, 1.82) is 0 Å². The molecule has 3 rings (SSSR count). The van der Waals surface area contributed by atoms with Crippen molar-refractivity contribution >= 4 is 5.91 Å². The molecule has 4 nitrogen and oxygen atoms in total. The Bertz CT molecular complexity index is 485. The minimum Gasteiger partial charge on any atom is -0.490 e. The molecule has 108 valence electrons. The van der Waals surface area contributed by atoms with Crippen LogP contribution in [0.5, 0.6) is 5.75 Å². The van der Waals surface area contributed by atoms with Gasteiger partial charge in [-0.15, -0.1) is 0 Å². The van der Waals surface area contributed by atoms with Crippen molar-refractivity contribution in [3.63, 3.8) is 0 Å². The summed E-state index contributed by atoms with van der Waals surface area (Å²) < 4.78 is 5.86. The zero-order chi connectivity index (χ0) is 13.9. The van der Waals surface area contributed by atoms with Gasteiger partial charge in [0.25, 0.3) is 0 Å². The molecule has 2 N–H and O–H groups in total. The molecule has 0 aromatic heterocycles. The van der Waals surface area contributed by atoms with E-state index in [9.17, 15) is 4.79 Å². The fraction of sp³-hybridized carbons (Fsp3) is 0.562. The third-order valence-electron chi connectivity index (χ3n) is 4.12. The molecule has 1 saturated carbocycles. The summed E-state index contributed by atoms with van der Waals surface area (Å²) in [5.74, 6) is 1.49. The Labute approximate surface area is 119 Å². The maximum atomic E-state index is 11.8. The number of piperidine rings is 1. The van der Waals surface area contributed by atoms with Crippen molar-refractivity contribution in [3.05, 3.63) is 29.8 Å². The summed E-state index contributed by atoms with van der Waals surface area (Å²) in [6.07, 6.45) is 4.71. The number of ether oxygens (including phenoxy) is 1. The number of likely N-dealkylation sites (N-methyl/N-ethyl adjacent to an activating group) is 1. The van der Waals surface area contributed by atoms with E-state index in [1.807, 2.05) is 6.07 Å². The lowest BCUT2D eigenvalue weighted by atomic mass is 9.86. The SMILES string of the molecule is CNC(=O)C1CC(c2cccc(OC3CC3)c2)CCN1. The van der Waals surface area contributed by atoms with Crippen molar-refractivity contribution in [2.75, 3.05) is 13.6 Å². The topological polar surface area (TPSA) is 50.4 Å². The summed E-state index contributed by atoms with van der Waals surface area (Å²) >= 11 is 0. The van der Waals surface area contributed by atoms with Crippen LogP contribution in [0.1, 0.15) is 37.2 Å². The first-order chi connectivity index (χ1) is 9.76. The minimum absolute atomic E-state index is 0.0771. The van der Waals surface area contributed by atoms with Crippen LogP contribution in [0.2, 0.25) is 0 Å². The number of carbonyl (C=O) groups is 1. The highest BCUT2D eigenvalue weighted by molar-refractivity contribution is 5.81. The summed E-state index contributed by atoms with van der Waals surface area (Å²) in [6, 6.07) is 8.31. The second-order valence-corrected chi connectivity index (χ2v) is 5.73. The molecule has 1 aliphatic carbocycles. The molecule has 1 amide bonds. The molecule has 0 spiro atoms. The quantitative estimate of drug-likeness (QED) is 0.880. The standard InChI is InChI=1S/C16H22N2O2/c1-17-16(19)15-10-12(7-8-18-15)11-3-2-4-14(9-11)20-13-5-6-13/h2-4,9,12-13,15,18H,5-8,10H2,1H3,(H,17,19). The van der Waals surface area contributed by atoms with E-state index in [0.717, 1.165) is 25.1 Å². The van der Waals surface area contributed by atoms with Gasteiger partial charge in [0.05, 0.1) is 12.1 Å². The van der Waals surface area contributed by atoms with Crippen LogP contribution in [0, 0.1) is 0 Å². The monoisotopic (exact) mass is 274 g/mol. The van der Waals surface area contributed by atoms with E-state index in [0.29, 0.717) is 12.0 Å². The van der Waals surface area contributed by atoms with Gasteiger partial charge in [-0.3, -0.25) is 4.79 Å². The van der Waals surface area contributed by atoms with Crippen LogP contribution < -0.4 is 15.4 Å². The van der Waals surface area contributed by atoms with Gasteiger partial charge in [-0.25, -0.2) is 0 Å². The van der Waals surface area contributed by atoms with Gasteiger partial charge in [-0.2, -0.15) is 0 Å². The van der Waals surface area contributed by atoms with E-state index in [1.165, 1.54) is 18.4 Å². The molecule has 1 heterocycles. The van der Waals surface area contributed by atoms with Crippen molar-refractivity contribution in [1.82, 2.24) is 10.6 Å².